The third-order valence-electron chi connectivity index (χ3n) is 3.02. The smallest absolute Gasteiger partial charge is 0.323 e. The van der Waals surface area contributed by atoms with Gasteiger partial charge >= 0.3 is 6.03 Å². The number of rotatable bonds is 2. The molecular weight excluding hydrogens is 268 g/mol. The molecule has 1 unspecified atom stereocenters. The van der Waals surface area contributed by atoms with E-state index in [0.717, 1.165) is 5.69 Å². The van der Waals surface area contributed by atoms with Crippen molar-refractivity contribution in [2.75, 3.05) is 18.4 Å². The number of nitrogens with zero attached hydrogens (tertiary/aromatic N) is 2. The van der Waals surface area contributed by atoms with E-state index < -0.39 is 15.3 Å². The number of hydrogen-bond donors (Lipinski definition) is 2. The van der Waals surface area contributed by atoms with Crippen molar-refractivity contribution < 1.29 is 13.2 Å². The number of pyridine rings is 1. The van der Waals surface area contributed by atoms with Gasteiger partial charge in [-0.3, -0.25) is 5.32 Å². The molecule has 0 spiro atoms. The van der Waals surface area contributed by atoms with Crippen molar-refractivity contribution in [3.63, 3.8) is 0 Å². The van der Waals surface area contributed by atoms with Crippen molar-refractivity contribution in [2.24, 2.45) is 5.14 Å². The molecule has 2 rings (SSSR count). The molecule has 0 aromatic carbocycles. The molecule has 2 heterocycles. The summed E-state index contributed by atoms with van der Waals surface area (Å²) in [6.07, 6.45) is 0.369. The number of aromatic nitrogens is 1. The summed E-state index contributed by atoms with van der Waals surface area (Å²) in [5.74, 6) is 0.448. The van der Waals surface area contributed by atoms with E-state index in [1.807, 2.05) is 13.0 Å². The summed E-state index contributed by atoms with van der Waals surface area (Å²) >= 11 is 0. The summed E-state index contributed by atoms with van der Waals surface area (Å²) in [5.41, 5.74) is 0.793. The van der Waals surface area contributed by atoms with Gasteiger partial charge < -0.3 is 4.90 Å². The van der Waals surface area contributed by atoms with E-state index in [1.54, 1.807) is 12.1 Å². The zero-order valence-corrected chi connectivity index (χ0v) is 11.4. The number of primary sulfonamides is 1. The van der Waals surface area contributed by atoms with Crippen molar-refractivity contribution in [3.05, 3.63) is 23.9 Å². The Morgan fingerprint density at radius 3 is 2.84 bits per heavy atom. The Bertz CT molecular complexity index is 587. The number of nitrogens with two attached hydrogens (primary N) is 1. The Morgan fingerprint density at radius 1 is 1.53 bits per heavy atom. The number of carbonyl (C=O) groups is 1. The molecule has 7 nitrogen and oxygen atoms in total. The summed E-state index contributed by atoms with van der Waals surface area (Å²) in [5, 5.41) is 7.04. The van der Waals surface area contributed by atoms with Crippen LogP contribution in [0, 0.1) is 6.92 Å². The molecule has 1 aromatic heterocycles. The molecule has 0 radical (unpaired) electrons. The van der Waals surface area contributed by atoms with Crippen LogP contribution in [0.25, 0.3) is 0 Å². The minimum absolute atomic E-state index is 0.122. The third-order valence-corrected chi connectivity index (χ3v) is 4.33. The average molecular weight is 284 g/mol. The van der Waals surface area contributed by atoms with Crippen molar-refractivity contribution in [1.82, 2.24) is 9.88 Å². The number of aryl methyl sites for hydroxylation is 1. The number of likely N-dealkylation sites (tertiary alicyclic amines) is 1. The Balaban J connectivity index is 1.99. The third kappa shape index (κ3) is 3.42. The van der Waals surface area contributed by atoms with Gasteiger partial charge in [0.15, 0.2) is 0 Å². The maximum atomic E-state index is 11.9. The number of hydrogen-bond acceptors (Lipinski definition) is 4. The van der Waals surface area contributed by atoms with Crippen LogP contribution in [0.1, 0.15) is 12.1 Å². The summed E-state index contributed by atoms with van der Waals surface area (Å²) in [7, 11) is -3.59. The van der Waals surface area contributed by atoms with Crippen LogP contribution in [-0.2, 0) is 10.0 Å². The summed E-state index contributed by atoms with van der Waals surface area (Å²) in [6, 6.07) is 4.93. The zero-order valence-electron chi connectivity index (χ0n) is 10.5. The van der Waals surface area contributed by atoms with Gasteiger partial charge in [-0.2, -0.15) is 0 Å². The number of sulfonamides is 1. The van der Waals surface area contributed by atoms with Gasteiger partial charge in [0.1, 0.15) is 5.82 Å². The fourth-order valence-corrected chi connectivity index (χ4v) is 2.80. The lowest BCUT2D eigenvalue weighted by atomic mass is 10.4. The summed E-state index contributed by atoms with van der Waals surface area (Å²) in [6.45, 7) is 2.32. The normalized spacial score (nSPS) is 19.5. The monoisotopic (exact) mass is 284 g/mol. The number of nitrogens with one attached hydrogen (secondary N) is 1. The van der Waals surface area contributed by atoms with Gasteiger partial charge in [0.2, 0.25) is 10.0 Å². The summed E-state index contributed by atoms with van der Waals surface area (Å²) < 4.78 is 22.4. The molecule has 19 heavy (non-hydrogen) atoms. The van der Waals surface area contributed by atoms with Crippen molar-refractivity contribution in [2.45, 2.75) is 18.6 Å². The van der Waals surface area contributed by atoms with E-state index in [2.05, 4.69) is 10.3 Å². The topological polar surface area (TPSA) is 105 Å². The molecule has 2 amide bonds. The molecule has 104 valence electrons. The second-order valence-corrected chi connectivity index (χ2v) is 6.38. The van der Waals surface area contributed by atoms with Crippen LogP contribution in [-0.4, -0.2) is 42.7 Å². The predicted molar refractivity (Wildman–Crippen MR) is 71.1 cm³/mol. The van der Waals surface area contributed by atoms with E-state index >= 15 is 0 Å². The van der Waals surface area contributed by atoms with Crippen LogP contribution < -0.4 is 10.5 Å². The Labute approximate surface area is 111 Å². The van der Waals surface area contributed by atoms with E-state index in [0.29, 0.717) is 18.8 Å². The van der Waals surface area contributed by atoms with Crippen molar-refractivity contribution >= 4 is 21.9 Å². The molecule has 0 bridgehead atoms. The minimum atomic E-state index is -3.59. The molecule has 1 aliphatic heterocycles. The maximum Gasteiger partial charge on any atom is 0.323 e. The number of anilines is 1. The van der Waals surface area contributed by atoms with Gasteiger partial charge in [-0.15, -0.1) is 0 Å². The largest absolute Gasteiger partial charge is 0.323 e. The first-order valence-electron chi connectivity index (χ1n) is 5.87. The van der Waals surface area contributed by atoms with Crippen LogP contribution in [0.5, 0.6) is 0 Å². The van der Waals surface area contributed by atoms with Gasteiger partial charge in [-0.25, -0.2) is 23.3 Å². The van der Waals surface area contributed by atoms with Gasteiger partial charge in [-0.05, 0) is 25.5 Å². The van der Waals surface area contributed by atoms with Crippen LogP contribution in [0.15, 0.2) is 18.2 Å². The number of urea groups is 1. The zero-order chi connectivity index (χ0) is 14.0. The lowest BCUT2D eigenvalue weighted by Crippen LogP contribution is -2.36. The molecule has 1 atom stereocenters. The highest BCUT2D eigenvalue weighted by molar-refractivity contribution is 7.89. The molecular formula is C11H16N4O3S. The lowest BCUT2D eigenvalue weighted by Gasteiger charge is -2.16. The van der Waals surface area contributed by atoms with Gasteiger partial charge in [0.25, 0.3) is 0 Å². The van der Waals surface area contributed by atoms with Crippen molar-refractivity contribution in [3.8, 4) is 0 Å². The van der Waals surface area contributed by atoms with E-state index in [4.69, 9.17) is 5.14 Å². The number of carbonyl (C=O) groups excluding carboxylic acids is 1. The fraction of sp³-hybridized carbons (Fsp3) is 0.455. The molecule has 3 N–H and O–H groups in total. The Morgan fingerprint density at radius 2 is 2.26 bits per heavy atom. The first kappa shape index (κ1) is 13.8. The van der Waals surface area contributed by atoms with Gasteiger partial charge in [0, 0.05) is 18.8 Å². The molecule has 8 heteroatoms. The van der Waals surface area contributed by atoms with E-state index in [1.165, 1.54) is 4.90 Å². The first-order valence-corrected chi connectivity index (χ1v) is 7.48. The Kier molecular flexibility index (Phi) is 3.72. The second kappa shape index (κ2) is 5.14. The molecule has 1 saturated heterocycles. The van der Waals surface area contributed by atoms with E-state index in [-0.39, 0.29) is 12.6 Å². The van der Waals surface area contributed by atoms with Crippen LogP contribution >= 0.6 is 0 Å². The SMILES string of the molecule is Cc1cccc(NC(=O)N2CCC(S(N)(=O)=O)C2)n1. The van der Waals surface area contributed by atoms with Crippen LogP contribution in [0.2, 0.25) is 0 Å². The predicted octanol–water partition coefficient (Wildman–Crippen LogP) is 0.285. The molecule has 1 aliphatic rings. The van der Waals surface area contributed by atoms with Gasteiger partial charge in [0.05, 0.1) is 5.25 Å². The molecule has 0 aliphatic carbocycles. The maximum absolute atomic E-state index is 11.9. The van der Waals surface area contributed by atoms with Crippen LogP contribution in [0.4, 0.5) is 10.6 Å². The molecule has 0 saturated carbocycles. The lowest BCUT2D eigenvalue weighted by molar-refractivity contribution is 0.222. The Hall–Kier alpha value is -1.67. The quantitative estimate of drug-likeness (QED) is 0.813. The summed E-state index contributed by atoms with van der Waals surface area (Å²) in [4.78, 5) is 17.5. The average Bonchev–Trinajstić information content (AvgIpc) is 2.77. The van der Waals surface area contributed by atoms with Crippen LogP contribution in [0.3, 0.4) is 0 Å². The highest BCUT2D eigenvalue weighted by atomic mass is 32.2. The molecule has 1 aromatic rings. The second-order valence-electron chi connectivity index (χ2n) is 4.54. The van der Waals surface area contributed by atoms with Crippen molar-refractivity contribution in [1.29, 1.82) is 0 Å². The fourth-order valence-electron chi connectivity index (χ4n) is 1.98. The highest BCUT2D eigenvalue weighted by Gasteiger charge is 2.33. The minimum Gasteiger partial charge on any atom is -0.323 e. The van der Waals surface area contributed by atoms with E-state index in [9.17, 15) is 13.2 Å². The number of amides is 2. The first-order chi connectivity index (χ1) is 8.86. The standard InChI is InChI=1S/C11H16N4O3S/c1-8-3-2-4-10(13-8)14-11(16)15-6-5-9(7-15)19(12,17)18/h2-4,9H,5-7H2,1H3,(H2,12,17,18)(H,13,14,16). The highest BCUT2D eigenvalue weighted by Crippen LogP contribution is 2.16. The molecule has 1 fully saturated rings. The van der Waals surface area contributed by atoms with Gasteiger partial charge in [-0.1, -0.05) is 6.07 Å².